The van der Waals surface area contributed by atoms with Crippen molar-refractivity contribution >= 4 is 28.6 Å². The number of carbonyl (C=O) groups is 1. The standard InChI is InChI=1S/C14H12N2O7S/c1-22-14(17)9-7-11(15-24(20)21)13(12(8-9)16(18)19)23-10-5-3-2-4-6-10/h2-8,15H,1H3,(H,20,21). The average Bonchev–Trinajstić information content (AvgIpc) is 2.55. The highest BCUT2D eigenvalue weighted by Gasteiger charge is 2.25. The fourth-order valence-electron chi connectivity index (χ4n) is 1.87. The summed E-state index contributed by atoms with van der Waals surface area (Å²) in [7, 11) is 1.11. The van der Waals surface area contributed by atoms with Crippen LogP contribution in [0.5, 0.6) is 11.5 Å². The third kappa shape index (κ3) is 4.06. The summed E-state index contributed by atoms with van der Waals surface area (Å²) in [4.78, 5) is 22.2. The van der Waals surface area contributed by atoms with Gasteiger partial charge in [-0.3, -0.25) is 19.4 Å². The van der Waals surface area contributed by atoms with E-state index in [1.54, 1.807) is 30.3 Å². The summed E-state index contributed by atoms with van der Waals surface area (Å²) in [5.74, 6) is -0.865. The lowest BCUT2D eigenvalue weighted by Crippen LogP contribution is -2.09. The van der Waals surface area contributed by atoms with E-state index in [-0.39, 0.29) is 22.7 Å². The van der Waals surface area contributed by atoms with Gasteiger partial charge in [-0.25, -0.2) is 9.00 Å². The molecule has 0 saturated carbocycles. The summed E-state index contributed by atoms with van der Waals surface area (Å²) < 4.78 is 32.2. The quantitative estimate of drug-likeness (QED) is 0.354. The second-order valence-corrected chi connectivity index (χ2v) is 5.09. The molecule has 0 spiro atoms. The molecule has 0 aliphatic carbocycles. The molecule has 0 amide bonds. The van der Waals surface area contributed by atoms with E-state index in [1.807, 2.05) is 0 Å². The zero-order valence-corrected chi connectivity index (χ0v) is 13.1. The fourth-order valence-corrected chi connectivity index (χ4v) is 2.21. The van der Waals surface area contributed by atoms with Crippen molar-refractivity contribution in [2.45, 2.75) is 0 Å². The molecule has 24 heavy (non-hydrogen) atoms. The largest absolute Gasteiger partial charge is 0.465 e. The molecule has 126 valence electrons. The van der Waals surface area contributed by atoms with E-state index in [9.17, 15) is 19.1 Å². The van der Waals surface area contributed by atoms with Gasteiger partial charge in [0, 0.05) is 6.07 Å². The minimum atomic E-state index is -2.53. The topological polar surface area (TPSA) is 128 Å². The van der Waals surface area contributed by atoms with Crippen molar-refractivity contribution in [1.29, 1.82) is 0 Å². The van der Waals surface area contributed by atoms with Gasteiger partial charge in [0.1, 0.15) is 5.75 Å². The van der Waals surface area contributed by atoms with Gasteiger partial charge in [0.25, 0.3) is 11.3 Å². The minimum Gasteiger partial charge on any atom is -0.465 e. The van der Waals surface area contributed by atoms with E-state index in [0.29, 0.717) is 0 Å². The molecule has 10 heteroatoms. The fraction of sp³-hybridized carbons (Fsp3) is 0.0714. The predicted octanol–water partition coefficient (Wildman–Crippen LogP) is 2.72. The lowest BCUT2D eigenvalue weighted by Gasteiger charge is -2.13. The van der Waals surface area contributed by atoms with Crippen LogP contribution in [0.25, 0.3) is 0 Å². The van der Waals surface area contributed by atoms with Crippen molar-refractivity contribution in [1.82, 2.24) is 0 Å². The van der Waals surface area contributed by atoms with Gasteiger partial charge in [0.2, 0.25) is 5.75 Å². The number of hydrogen-bond donors (Lipinski definition) is 2. The van der Waals surface area contributed by atoms with E-state index in [2.05, 4.69) is 9.46 Å². The zero-order chi connectivity index (χ0) is 17.7. The van der Waals surface area contributed by atoms with Gasteiger partial charge in [-0.05, 0) is 18.2 Å². The monoisotopic (exact) mass is 352 g/mol. The maximum Gasteiger partial charge on any atom is 0.338 e. The van der Waals surface area contributed by atoms with Crippen molar-refractivity contribution in [2.24, 2.45) is 0 Å². The minimum absolute atomic E-state index is 0.169. The molecule has 0 fully saturated rings. The van der Waals surface area contributed by atoms with Crippen molar-refractivity contribution in [3.05, 3.63) is 58.1 Å². The number of rotatable bonds is 6. The second-order valence-electron chi connectivity index (χ2n) is 4.39. The summed E-state index contributed by atoms with van der Waals surface area (Å²) in [5.41, 5.74) is -0.929. The van der Waals surface area contributed by atoms with Crippen molar-refractivity contribution < 1.29 is 28.0 Å². The number of nitrogens with one attached hydrogen (secondary N) is 1. The lowest BCUT2D eigenvalue weighted by atomic mass is 10.1. The predicted molar refractivity (Wildman–Crippen MR) is 85.3 cm³/mol. The Morgan fingerprint density at radius 1 is 1.29 bits per heavy atom. The van der Waals surface area contributed by atoms with E-state index in [0.717, 1.165) is 19.2 Å². The van der Waals surface area contributed by atoms with Crippen molar-refractivity contribution in [2.75, 3.05) is 11.8 Å². The number of nitro groups is 1. The summed E-state index contributed by atoms with van der Waals surface area (Å²) >= 11 is -2.53. The number of hydrogen-bond acceptors (Lipinski definition) is 6. The number of anilines is 1. The van der Waals surface area contributed by atoms with E-state index in [4.69, 9.17) is 9.29 Å². The van der Waals surface area contributed by atoms with Gasteiger partial charge in [-0.15, -0.1) is 0 Å². The first-order valence-electron chi connectivity index (χ1n) is 6.43. The third-order valence-electron chi connectivity index (χ3n) is 2.85. The number of ether oxygens (including phenoxy) is 2. The Bertz CT molecular complexity index is 795. The van der Waals surface area contributed by atoms with Gasteiger partial charge in [0.15, 0.2) is 0 Å². The lowest BCUT2D eigenvalue weighted by molar-refractivity contribution is -0.385. The number of carbonyl (C=O) groups excluding carboxylic acids is 1. The first-order valence-corrected chi connectivity index (χ1v) is 7.54. The maximum absolute atomic E-state index is 11.6. The highest BCUT2D eigenvalue weighted by Crippen LogP contribution is 2.40. The van der Waals surface area contributed by atoms with Crippen LogP contribution in [0.1, 0.15) is 10.4 Å². The Morgan fingerprint density at radius 2 is 1.96 bits per heavy atom. The Morgan fingerprint density at radius 3 is 2.50 bits per heavy atom. The van der Waals surface area contributed by atoms with Crippen LogP contribution < -0.4 is 9.46 Å². The van der Waals surface area contributed by atoms with Crippen molar-refractivity contribution in [3.8, 4) is 11.5 Å². The molecule has 2 aromatic carbocycles. The molecule has 0 radical (unpaired) electrons. The summed E-state index contributed by atoms with van der Waals surface area (Å²) in [5, 5.41) is 11.3. The van der Waals surface area contributed by atoms with Crippen LogP contribution in [0, 0.1) is 10.1 Å². The Kier molecular flexibility index (Phi) is 5.45. The normalized spacial score (nSPS) is 11.4. The van der Waals surface area contributed by atoms with Gasteiger partial charge in [-0.1, -0.05) is 18.2 Å². The van der Waals surface area contributed by atoms with Crippen LogP contribution in [0.2, 0.25) is 0 Å². The molecule has 0 saturated heterocycles. The van der Waals surface area contributed by atoms with Crippen LogP contribution in [0.4, 0.5) is 11.4 Å². The summed E-state index contributed by atoms with van der Waals surface area (Å²) in [6, 6.07) is 10.2. The molecular weight excluding hydrogens is 340 g/mol. The average molecular weight is 352 g/mol. The molecule has 0 heterocycles. The van der Waals surface area contributed by atoms with Crippen LogP contribution in [-0.4, -0.2) is 26.8 Å². The maximum atomic E-state index is 11.6. The second kappa shape index (κ2) is 7.53. The Hall–Kier alpha value is -2.98. The highest BCUT2D eigenvalue weighted by atomic mass is 32.2. The van der Waals surface area contributed by atoms with Crippen LogP contribution in [0.3, 0.4) is 0 Å². The molecule has 0 aliphatic heterocycles. The van der Waals surface area contributed by atoms with E-state index in [1.165, 1.54) is 0 Å². The number of methoxy groups -OCH3 is 1. The van der Waals surface area contributed by atoms with Crippen LogP contribution >= 0.6 is 0 Å². The number of nitro benzene ring substituents is 1. The molecule has 1 unspecified atom stereocenters. The van der Waals surface area contributed by atoms with Crippen LogP contribution in [-0.2, 0) is 16.0 Å². The van der Waals surface area contributed by atoms with E-state index < -0.39 is 27.8 Å². The first kappa shape index (κ1) is 17.4. The molecule has 0 aromatic heterocycles. The molecule has 0 aliphatic rings. The SMILES string of the molecule is COC(=O)c1cc(NS(=O)O)c(Oc2ccccc2)c([N+](=O)[O-])c1. The molecular formula is C14H12N2O7S. The molecule has 9 nitrogen and oxygen atoms in total. The molecule has 2 aromatic rings. The number of para-hydroxylation sites is 1. The van der Waals surface area contributed by atoms with Gasteiger partial charge in [-0.2, -0.15) is 0 Å². The molecule has 1 atom stereocenters. The number of nitrogens with zero attached hydrogens (tertiary/aromatic N) is 1. The molecule has 2 N–H and O–H groups in total. The molecule has 0 bridgehead atoms. The Labute approximate surface area is 138 Å². The highest BCUT2D eigenvalue weighted by molar-refractivity contribution is 7.80. The molecule has 2 rings (SSSR count). The summed E-state index contributed by atoms with van der Waals surface area (Å²) in [6.45, 7) is 0. The number of esters is 1. The Balaban J connectivity index is 2.61. The smallest absolute Gasteiger partial charge is 0.338 e. The third-order valence-corrected chi connectivity index (χ3v) is 3.24. The number of benzene rings is 2. The van der Waals surface area contributed by atoms with Gasteiger partial charge < -0.3 is 9.47 Å². The summed E-state index contributed by atoms with van der Waals surface area (Å²) in [6.07, 6.45) is 0. The zero-order valence-electron chi connectivity index (χ0n) is 12.3. The van der Waals surface area contributed by atoms with Crippen molar-refractivity contribution in [3.63, 3.8) is 0 Å². The van der Waals surface area contributed by atoms with E-state index >= 15 is 0 Å². The van der Waals surface area contributed by atoms with Gasteiger partial charge >= 0.3 is 11.7 Å². The first-order chi connectivity index (χ1) is 11.4. The van der Waals surface area contributed by atoms with Gasteiger partial charge in [0.05, 0.1) is 23.3 Å². The van der Waals surface area contributed by atoms with Crippen LogP contribution in [0.15, 0.2) is 42.5 Å².